The van der Waals surface area contributed by atoms with Gasteiger partial charge in [0, 0.05) is 12.8 Å². The summed E-state index contributed by atoms with van der Waals surface area (Å²) in [6.07, 6.45) is 17.4. The Morgan fingerprint density at radius 1 is 0.692 bits per heavy atom. The van der Waals surface area contributed by atoms with Gasteiger partial charge in [0.15, 0.2) is 6.10 Å². The van der Waals surface area contributed by atoms with E-state index in [2.05, 4.69) is 6.92 Å². The molecule has 0 rings (SSSR count). The maximum absolute atomic E-state index is 12.4. The molecular formula is C29H59NO8P+. The fourth-order valence-electron chi connectivity index (χ4n) is 3.93. The average Bonchev–Trinajstić information content (AvgIpc) is 2.85. The normalized spacial score (nSPS) is 14.1. The van der Waals surface area contributed by atoms with Gasteiger partial charge in [0.05, 0.1) is 27.7 Å². The van der Waals surface area contributed by atoms with Crippen molar-refractivity contribution < 1.29 is 42.1 Å². The van der Waals surface area contributed by atoms with Crippen LogP contribution in [0, 0.1) is 0 Å². The Kier molecular flexibility index (Phi) is 23.1. The summed E-state index contributed by atoms with van der Waals surface area (Å²) in [4.78, 5) is 34.1. The highest BCUT2D eigenvalue weighted by Crippen LogP contribution is 2.43. The zero-order chi connectivity index (χ0) is 29.4. The van der Waals surface area contributed by atoms with Crippen molar-refractivity contribution in [3.63, 3.8) is 0 Å². The van der Waals surface area contributed by atoms with E-state index in [9.17, 15) is 19.0 Å². The number of likely N-dealkylation sites (N-methyl/N-ethyl adjacent to an activating group) is 1. The first-order valence-corrected chi connectivity index (χ1v) is 16.8. The maximum Gasteiger partial charge on any atom is 0.472 e. The summed E-state index contributed by atoms with van der Waals surface area (Å²) in [6.45, 7) is 4.02. The molecule has 232 valence electrons. The quantitative estimate of drug-likeness (QED) is 0.0481. The lowest BCUT2D eigenvalue weighted by atomic mass is 10.0. The van der Waals surface area contributed by atoms with Crippen molar-refractivity contribution in [2.75, 3.05) is 47.5 Å². The molecule has 0 heterocycles. The standard InChI is InChI=1S/C29H58NO8P/c1-6-8-9-10-11-12-13-14-15-16-17-18-19-20-22-29(32)38-27(25-35-28(31)21-7-2)26-37-39(33,34)36-24-23-30(3,4)5/h27H,6-26H2,1-5H3/p+1. The lowest BCUT2D eigenvalue weighted by Gasteiger charge is -2.24. The van der Waals surface area contributed by atoms with Crippen molar-refractivity contribution in [1.82, 2.24) is 0 Å². The van der Waals surface area contributed by atoms with Gasteiger partial charge >= 0.3 is 19.8 Å². The Bertz CT molecular complexity index is 668. The van der Waals surface area contributed by atoms with E-state index in [1.165, 1.54) is 70.6 Å². The van der Waals surface area contributed by atoms with Crippen molar-refractivity contribution in [2.24, 2.45) is 0 Å². The Balaban J connectivity index is 4.19. The van der Waals surface area contributed by atoms with E-state index in [1.807, 2.05) is 28.1 Å². The third-order valence-electron chi connectivity index (χ3n) is 6.36. The van der Waals surface area contributed by atoms with Crippen LogP contribution >= 0.6 is 7.82 Å². The first-order valence-electron chi connectivity index (χ1n) is 15.3. The summed E-state index contributed by atoms with van der Waals surface area (Å²) in [7, 11) is 1.48. The van der Waals surface area contributed by atoms with Gasteiger partial charge in [-0.15, -0.1) is 0 Å². The molecule has 0 aromatic heterocycles. The van der Waals surface area contributed by atoms with Crippen molar-refractivity contribution in [3.05, 3.63) is 0 Å². The van der Waals surface area contributed by atoms with Crippen LogP contribution in [-0.2, 0) is 32.7 Å². The van der Waals surface area contributed by atoms with Crippen LogP contribution in [0.4, 0.5) is 0 Å². The van der Waals surface area contributed by atoms with Gasteiger partial charge < -0.3 is 18.9 Å². The molecule has 0 aliphatic carbocycles. The van der Waals surface area contributed by atoms with Crippen molar-refractivity contribution in [2.45, 2.75) is 129 Å². The minimum absolute atomic E-state index is 0.0341. The first-order chi connectivity index (χ1) is 18.5. The summed E-state index contributed by atoms with van der Waals surface area (Å²) in [6, 6.07) is 0. The Labute approximate surface area is 238 Å². The second-order valence-electron chi connectivity index (χ2n) is 11.5. The molecule has 0 bridgehead atoms. The molecule has 0 saturated heterocycles. The van der Waals surface area contributed by atoms with E-state index in [4.69, 9.17) is 18.5 Å². The Morgan fingerprint density at radius 3 is 1.69 bits per heavy atom. The number of phosphoric ester groups is 1. The maximum atomic E-state index is 12.4. The van der Waals surface area contributed by atoms with Gasteiger partial charge in [0.1, 0.15) is 19.8 Å². The molecule has 0 spiro atoms. The summed E-state index contributed by atoms with van der Waals surface area (Å²) in [5.41, 5.74) is 0. The predicted octanol–water partition coefficient (Wildman–Crippen LogP) is 6.95. The molecule has 2 atom stereocenters. The Morgan fingerprint density at radius 2 is 1.21 bits per heavy atom. The number of esters is 2. The number of hydrogen-bond donors (Lipinski definition) is 1. The number of carbonyl (C=O) groups excluding carboxylic acids is 2. The molecule has 0 aromatic rings. The number of phosphoric acid groups is 1. The van der Waals surface area contributed by atoms with Gasteiger partial charge in [-0.05, 0) is 12.8 Å². The zero-order valence-electron chi connectivity index (χ0n) is 25.6. The molecule has 1 N–H and O–H groups in total. The molecule has 10 heteroatoms. The molecule has 0 amide bonds. The second-order valence-corrected chi connectivity index (χ2v) is 13.0. The molecule has 39 heavy (non-hydrogen) atoms. The van der Waals surface area contributed by atoms with E-state index in [0.29, 0.717) is 23.9 Å². The van der Waals surface area contributed by atoms with Crippen LogP contribution in [0.3, 0.4) is 0 Å². The highest BCUT2D eigenvalue weighted by molar-refractivity contribution is 7.47. The van der Waals surface area contributed by atoms with E-state index in [0.717, 1.165) is 12.8 Å². The lowest BCUT2D eigenvalue weighted by molar-refractivity contribution is -0.870. The lowest BCUT2D eigenvalue weighted by Crippen LogP contribution is -2.37. The smallest absolute Gasteiger partial charge is 0.462 e. The van der Waals surface area contributed by atoms with Gasteiger partial charge in [0.2, 0.25) is 0 Å². The fourth-order valence-corrected chi connectivity index (χ4v) is 4.67. The van der Waals surface area contributed by atoms with Crippen molar-refractivity contribution in [3.8, 4) is 0 Å². The van der Waals surface area contributed by atoms with Gasteiger partial charge in [-0.1, -0.05) is 97.3 Å². The summed E-state index contributed by atoms with van der Waals surface area (Å²) < 4.78 is 33.4. The van der Waals surface area contributed by atoms with Crippen LogP contribution in [0.25, 0.3) is 0 Å². The van der Waals surface area contributed by atoms with Crippen LogP contribution in [0.5, 0.6) is 0 Å². The molecule has 0 saturated carbocycles. The molecule has 0 aliphatic rings. The first kappa shape index (κ1) is 38.0. The topological polar surface area (TPSA) is 108 Å². The van der Waals surface area contributed by atoms with Crippen molar-refractivity contribution in [1.29, 1.82) is 0 Å². The van der Waals surface area contributed by atoms with Crippen LogP contribution in [0.15, 0.2) is 0 Å². The number of rotatable bonds is 27. The van der Waals surface area contributed by atoms with Crippen molar-refractivity contribution >= 4 is 19.8 Å². The van der Waals surface area contributed by atoms with E-state index < -0.39 is 32.5 Å². The molecule has 9 nitrogen and oxygen atoms in total. The highest BCUT2D eigenvalue weighted by Gasteiger charge is 2.26. The van der Waals surface area contributed by atoms with Gasteiger partial charge in [-0.2, -0.15) is 0 Å². The summed E-state index contributed by atoms with van der Waals surface area (Å²) in [5, 5.41) is 0. The van der Waals surface area contributed by atoms with Gasteiger partial charge in [-0.3, -0.25) is 18.6 Å². The molecule has 0 fully saturated rings. The molecule has 0 radical (unpaired) electrons. The summed E-state index contributed by atoms with van der Waals surface area (Å²) >= 11 is 0. The number of carbonyl (C=O) groups is 2. The average molecular weight is 581 g/mol. The number of hydrogen-bond acceptors (Lipinski definition) is 7. The number of quaternary nitrogens is 1. The van der Waals surface area contributed by atoms with E-state index >= 15 is 0 Å². The van der Waals surface area contributed by atoms with Crippen LogP contribution in [-0.4, -0.2) is 74.9 Å². The minimum atomic E-state index is -4.33. The third kappa shape index (κ3) is 27.0. The number of ether oxygens (including phenoxy) is 2. The van der Waals surface area contributed by atoms with Crippen LogP contribution in [0.2, 0.25) is 0 Å². The van der Waals surface area contributed by atoms with Gasteiger partial charge in [0.25, 0.3) is 0 Å². The number of unbranched alkanes of at least 4 members (excludes halogenated alkanes) is 13. The SMILES string of the molecule is CCCCCCCCCCCCCCCCC(=O)OC(COC(=O)CCC)COP(=O)(O)OCC[N+](C)(C)C. The molecule has 0 aliphatic heterocycles. The predicted molar refractivity (Wildman–Crippen MR) is 155 cm³/mol. The minimum Gasteiger partial charge on any atom is -0.462 e. The van der Waals surface area contributed by atoms with E-state index in [-0.39, 0.29) is 26.1 Å². The van der Waals surface area contributed by atoms with E-state index in [1.54, 1.807) is 0 Å². The second kappa shape index (κ2) is 23.7. The van der Waals surface area contributed by atoms with Crippen LogP contribution < -0.4 is 0 Å². The van der Waals surface area contributed by atoms with Crippen LogP contribution in [0.1, 0.15) is 123 Å². The molecule has 2 unspecified atom stereocenters. The fraction of sp³-hybridized carbons (Fsp3) is 0.931. The highest BCUT2D eigenvalue weighted by atomic mass is 31.2. The monoisotopic (exact) mass is 580 g/mol. The molecular weight excluding hydrogens is 521 g/mol. The summed E-state index contributed by atoms with van der Waals surface area (Å²) in [5.74, 6) is -0.857. The zero-order valence-corrected chi connectivity index (χ0v) is 26.5. The van der Waals surface area contributed by atoms with Gasteiger partial charge in [-0.25, -0.2) is 4.57 Å². The third-order valence-corrected chi connectivity index (χ3v) is 7.34. The molecule has 0 aromatic carbocycles. The largest absolute Gasteiger partial charge is 0.472 e. The number of nitrogens with zero attached hydrogens (tertiary/aromatic N) is 1. The Hall–Kier alpha value is -0.990.